The maximum Gasteiger partial charge on any atom is 0.419 e. The number of benzene rings is 1. The van der Waals surface area contributed by atoms with Crippen LogP contribution >= 0.6 is 43.5 Å². The summed E-state index contributed by atoms with van der Waals surface area (Å²) in [5, 5.41) is -0.518. The third-order valence-corrected chi connectivity index (χ3v) is 3.31. The molecule has 0 bridgehead atoms. The minimum Gasteiger partial charge on any atom is -0.465 e. The Kier molecular flexibility index (Phi) is 5.12. The zero-order valence-corrected chi connectivity index (χ0v) is 12.3. The number of hydrogen-bond acceptors (Lipinski definition) is 2. The molecule has 0 N–H and O–H groups in total. The van der Waals surface area contributed by atoms with Crippen molar-refractivity contribution in [3.8, 4) is 5.75 Å². The second-order valence-electron chi connectivity index (χ2n) is 2.91. The molecular weight excluding hydrogens is 392 g/mol. The average Bonchev–Trinajstić information content (AvgIpc) is 2.14. The van der Waals surface area contributed by atoms with Gasteiger partial charge in [-0.1, -0.05) is 27.5 Å². The lowest BCUT2D eigenvalue weighted by Gasteiger charge is -2.16. The van der Waals surface area contributed by atoms with Crippen LogP contribution in [0.3, 0.4) is 0 Å². The normalized spacial score (nSPS) is 11.7. The predicted molar refractivity (Wildman–Crippen MR) is 64.4 cm³/mol. The lowest BCUT2D eigenvalue weighted by Crippen LogP contribution is -2.09. The van der Waals surface area contributed by atoms with Gasteiger partial charge in [0.2, 0.25) is 0 Å². The molecule has 1 aromatic carbocycles. The minimum absolute atomic E-state index is 0.107. The standard InChI is InChI=1S/C9H6Br2ClF3O2/c1-16-3-17-8-5(11)2-4(10)6(7(8)12)9(13,14)15/h2H,3H2,1H3. The molecule has 0 unspecified atom stereocenters. The van der Waals surface area contributed by atoms with Crippen molar-refractivity contribution < 1.29 is 22.6 Å². The monoisotopic (exact) mass is 396 g/mol. The van der Waals surface area contributed by atoms with Crippen molar-refractivity contribution in [2.75, 3.05) is 13.9 Å². The van der Waals surface area contributed by atoms with Gasteiger partial charge in [-0.3, -0.25) is 0 Å². The molecule has 0 heterocycles. The summed E-state index contributed by atoms with van der Waals surface area (Å²) in [6.45, 7) is -0.197. The van der Waals surface area contributed by atoms with Crippen LogP contribution in [0.1, 0.15) is 5.56 Å². The smallest absolute Gasteiger partial charge is 0.419 e. The summed E-state index contributed by atoms with van der Waals surface area (Å²) in [4.78, 5) is 0. The fourth-order valence-electron chi connectivity index (χ4n) is 1.08. The van der Waals surface area contributed by atoms with E-state index < -0.39 is 16.8 Å². The van der Waals surface area contributed by atoms with E-state index in [1.54, 1.807) is 0 Å². The molecule has 0 aliphatic rings. The first-order chi connectivity index (χ1) is 7.79. The van der Waals surface area contributed by atoms with Gasteiger partial charge in [-0.2, -0.15) is 13.2 Å². The molecule has 0 aliphatic carbocycles. The summed E-state index contributed by atoms with van der Waals surface area (Å²) >= 11 is 11.6. The Morgan fingerprint density at radius 2 is 1.88 bits per heavy atom. The molecule has 0 atom stereocenters. The van der Waals surface area contributed by atoms with E-state index in [-0.39, 0.29) is 17.0 Å². The van der Waals surface area contributed by atoms with Gasteiger partial charge in [-0.15, -0.1) is 0 Å². The molecule has 0 saturated heterocycles. The Labute approximate surface area is 117 Å². The number of alkyl halides is 3. The largest absolute Gasteiger partial charge is 0.465 e. The van der Waals surface area contributed by atoms with Crippen molar-refractivity contribution in [1.29, 1.82) is 0 Å². The summed E-state index contributed by atoms with van der Waals surface area (Å²) in [6.07, 6.45) is -4.57. The lowest BCUT2D eigenvalue weighted by molar-refractivity contribution is -0.138. The molecule has 0 fully saturated rings. The summed E-state index contributed by atoms with van der Waals surface area (Å²) in [5.74, 6) is -0.107. The van der Waals surface area contributed by atoms with Gasteiger partial charge < -0.3 is 9.47 Å². The first kappa shape index (κ1) is 15.1. The Hall–Kier alpha value is 0.0200. The van der Waals surface area contributed by atoms with Crippen LogP contribution in [0.5, 0.6) is 5.75 Å². The van der Waals surface area contributed by atoms with Crippen LogP contribution < -0.4 is 4.74 Å². The van der Waals surface area contributed by atoms with Gasteiger partial charge in [0.1, 0.15) is 0 Å². The van der Waals surface area contributed by atoms with Crippen molar-refractivity contribution in [3.05, 3.63) is 25.6 Å². The van der Waals surface area contributed by atoms with Gasteiger partial charge in [0.05, 0.1) is 15.1 Å². The van der Waals surface area contributed by atoms with Gasteiger partial charge >= 0.3 is 6.18 Å². The van der Waals surface area contributed by atoms with Crippen LogP contribution in [0.25, 0.3) is 0 Å². The first-order valence-electron chi connectivity index (χ1n) is 4.15. The molecule has 0 radical (unpaired) electrons. The zero-order chi connectivity index (χ0) is 13.2. The molecule has 96 valence electrons. The third-order valence-electron chi connectivity index (χ3n) is 1.73. The molecule has 2 nitrogen and oxygen atoms in total. The SMILES string of the molecule is COCOc1c(Br)cc(Br)c(C(F)(F)F)c1Cl. The van der Waals surface area contributed by atoms with E-state index in [1.807, 2.05) is 0 Å². The molecule has 1 rings (SSSR count). The summed E-state index contributed by atoms with van der Waals surface area (Å²) in [6, 6.07) is 1.22. The van der Waals surface area contributed by atoms with E-state index in [4.69, 9.17) is 16.3 Å². The van der Waals surface area contributed by atoms with E-state index in [2.05, 4.69) is 36.6 Å². The van der Waals surface area contributed by atoms with Crippen LogP contribution in [-0.4, -0.2) is 13.9 Å². The molecular formula is C9H6Br2ClF3O2. The molecule has 0 spiro atoms. The molecule has 0 saturated carbocycles. The van der Waals surface area contributed by atoms with Crippen LogP contribution in [0.4, 0.5) is 13.2 Å². The van der Waals surface area contributed by atoms with Crippen LogP contribution in [0.15, 0.2) is 15.0 Å². The van der Waals surface area contributed by atoms with Gasteiger partial charge in [0, 0.05) is 11.6 Å². The average molecular weight is 398 g/mol. The number of methoxy groups -OCH3 is 1. The Morgan fingerprint density at radius 1 is 1.29 bits per heavy atom. The third kappa shape index (κ3) is 3.49. The van der Waals surface area contributed by atoms with E-state index >= 15 is 0 Å². The second-order valence-corrected chi connectivity index (χ2v) is 4.99. The quantitative estimate of drug-likeness (QED) is 0.677. The summed E-state index contributed by atoms with van der Waals surface area (Å²) in [5.41, 5.74) is -0.978. The Bertz CT molecular complexity index is 424. The molecule has 0 amide bonds. The minimum atomic E-state index is -4.57. The number of halogens is 6. The molecule has 17 heavy (non-hydrogen) atoms. The highest BCUT2D eigenvalue weighted by Crippen LogP contribution is 2.47. The Morgan fingerprint density at radius 3 is 2.35 bits per heavy atom. The van der Waals surface area contributed by atoms with Gasteiger partial charge in [-0.25, -0.2) is 0 Å². The number of rotatable bonds is 3. The molecule has 8 heteroatoms. The van der Waals surface area contributed by atoms with Crippen LogP contribution in [0.2, 0.25) is 5.02 Å². The summed E-state index contributed by atoms with van der Waals surface area (Å²) in [7, 11) is 1.35. The molecule has 1 aromatic rings. The first-order valence-corrected chi connectivity index (χ1v) is 6.11. The summed E-state index contributed by atoms with van der Waals surface area (Å²) < 4.78 is 47.9. The highest BCUT2D eigenvalue weighted by molar-refractivity contribution is 9.11. The Balaban J connectivity index is 3.33. The topological polar surface area (TPSA) is 18.5 Å². The van der Waals surface area contributed by atoms with Gasteiger partial charge in [0.25, 0.3) is 0 Å². The van der Waals surface area contributed by atoms with Gasteiger partial charge in [0.15, 0.2) is 12.5 Å². The van der Waals surface area contributed by atoms with Crippen molar-refractivity contribution in [1.82, 2.24) is 0 Å². The highest BCUT2D eigenvalue weighted by Gasteiger charge is 2.37. The fraction of sp³-hybridized carbons (Fsp3) is 0.333. The van der Waals surface area contributed by atoms with Crippen molar-refractivity contribution >= 4 is 43.5 Å². The molecule has 0 aliphatic heterocycles. The van der Waals surface area contributed by atoms with Crippen molar-refractivity contribution in [3.63, 3.8) is 0 Å². The van der Waals surface area contributed by atoms with E-state index in [0.717, 1.165) is 0 Å². The molecule has 0 aromatic heterocycles. The second kappa shape index (κ2) is 5.77. The van der Waals surface area contributed by atoms with E-state index in [1.165, 1.54) is 13.2 Å². The number of ether oxygens (including phenoxy) is 2. The van der Waals surface area contributed by atoms with E-state index in [9.17, 15) is 13.2 Å². The highest BCUT2D eigenvalue weighted by atomic mass is 79.9. The van der Waals surface area contributed by atoms with Crippen LogP contribution in [0, 0.1) is 0 Å². The fourth-order valence-corrected chi connectivity index (χ4v) is 3.18. The maximum atomic E-state index is 12.7. The maximum absolute atomic E-state index is 12.7. The zero-order valence-electron chi connectivity index (χ0n) is 8.37. The number of hydrogen-bond donors (Lipinski definition) is 0. The van der Waals surface area contributed by atoms with Crippen LogP contribution in [-0.2, 0) is 10.9 Å². The van der Waals surface area contributed by atoms with Crippen molar-refractivity contribution in [2.24, 2.45) is 0 Å². The predicted octanol–water partition coefficient (Wildman–Crippen LogP) is 4.87. The van der Waals surface area contributed by atoms with E-state index in [0.29, 0.717) is 4.47 Å². The lowest BCUT2D eigenvalue weighted by atomic mass is 10.2. The van der Waals surface area contributed by atoms with Crippen molar-refractivity contribution in [2.45, 2.75) is 6.18 Å². The van der Waals surface area contributed by atoms with Gasteiger partial charge in [-0.05, 0) is 22.0 Å².